The summed E-state index contributed by atoms with van der Waals surface area (Å²) >= 11 is 7.29. The van der Waals surface area contributed by atoms with Gasteiger partial charge in [-0.05, 0) is 42.5 Å². The minimum Gasteiger partial charge on any atom is -0.433 e. The maximum Gasteiger partial charge on any atom is 0.387 e. The van der Waals surface area contributed by atoms with E-state index in [1.54, 1.807) is 11.0 Å². The van der Waals surface area contributed by atoms with Gasteiger partial charge in [0.2, 0.25) is 5.91 Å². The summed E-state index contributed by atoms with van der Waals surface area (Å²) in [5.41, 5.74) is 0.406. The van der Waals surface area contributed by atoms with E-state index in [1.165, 1.54) is 29.5 Å². The second kappa shape index (κ2) is 8.67. The molecule has 2 amide bonds. The van der Waals surface area contributed by atoms with Crippen molar-refractivity contribution in [2.75, 3.05) is 18.4 Å². The van der Waals surface area contributed by atoms with Crippen LogP contribution in [0.1, 0.15) is 22.5 Å². The quantitative estimate of drug-likeness (QED) is 0.784. The summed E-state index contributed by atoms with van der Waals surface area (Å²) in [5, 5.41) is 4.58. The molecule has 2 aromatic rings. The molecule has 1 fully saturated rings. The van der Waals surface area contributed by atoms with Gasteiger partial charge in [-0.25, -0.2) is 0 Å². The standard InChI is InChI=1S/C18H17ClF2N2O3S/c19-13-10-12(3-4-14(13)26-18(20)21)22-16(24)11-5-7-23(8-6-11)17(25)15-2-1-9-27-15/h1-4,9-11,18H,5-8H2,(H,22,24). The molecule has 0 bridgehead atoms. The Hall–Kier alpha value is -2.19. The second-order valence-electron chi connectivity index (χ2n) is 6.06. The number of anilines is 1. The molecule has 27 heavy (non-hydrogen) atoms. The van der Waals surface area contributed by atoms with E-state index in [2.05, 4.69) is 10.1 Å². The van der Waals surface area contributed by atoms with Crippen molar-refractivity contribution >= 4 is 40.4 Å². The lowest BCUT2D eigenvalue weighted by molar-refractivity contribution is -0.121. The molecule has 0 saturated carbocycles. The first kappa shape index (κ1) is 19.6. The van der Waals surface area contributed by atoms with E-state index in [9.17, 15) is 18.4 Å². The highest BCUT2D eigenvalue weighted by atomic mass is 35.5. The SMILES string of the molecule is O=C(Nc1ccc(OC(F)F)c(Cl)c1)C1CCN(C(=O)c2cccs2)CC1. The molecule has 1 saturated heterocycles. The molecule has 5 nitrogen and oxygen atoms in total. The van der Waals surface area contributed by atoms with Gasteiger partial charge in [-0.2, -0.15) is 8.78 Å². The van der Waals surface area contributed by atoms with Crippen LogP contribution in [-0.2, 0) is 4.79 Å². The Kier molecular flexibility index (Phi) is 6.28. The zero-order valence-electron chi connectivity index (χ0n) is 14.2. The van der Waals surface area contributed by atoms with Gasteiger partial charge in [-0.3, -0.25) is 9.59 Å². The number of rotatable bonds is 5. The average Bonchev–Trinajstić information content (AvgIpc) is 3.18. The number of benzene rings is 1. The average molecular weight is 415 g/mol. The molecule has 144 valence electrons. The first-order valence-corrected chi connectivity index (χ1v) is 9.58. The van der Waals surface area contributed by atoms with Gasteiger partial charge in [-0.15, -0.1) is 11.3 Å². The fourth-order valence-electron chi connectivity index (χ4n) is 2.92. The molecule has 0 spiro atoms. The highest BCUT2D eigenvalue weighted by molar-refractivity contribution is 7.12. The van der Waals surface area contributed by atoms with Crippen molar-refractivity contribution in [2.24, 2.45) is 5.92 Å². The van der Waals surface area contributed by atoms with Gasteiger partial charge in [0.1, 0.15) is 5.75 Å². The normalized spacial score (nSPS) is 15.0. The van der Waals surface area contributed by atoms with E-state index < -0.39 is 6.61 Å². The Morgan fingerprint density at radius 1 is 1.26 bits per heavy atom. The molecule has 1 aromatic heterocycles. The van der Waals surface area contributed by atoms with Crippen molar-refractivity contribution in [2.45, 2.75) is 19.5 Å². The summed E-state index contributed by atoms with van der Waals surface area (Å²) < 4.78 is 28.8. The van der Waals surface area contributed by atoms with Crippen molar-refractivity contribution in [3.8, 4) is 5.75 Å². The molecule has 0 aliphatic carbocycles. The van der Waals surface area contributed by atoms with Crippen LogP contribution in [0.2, 0.25) is 5.02 Å². The number of piperidine rings is 1. The lowest BCUT2D eigenvalue weighted by Crippen LogP contribution is -2.41. The lowest BCUT2D eigenvalue weighted by Gasteiger charge is -2.31. The number of carbonyl (C=O) groups is 2. The molecule has 9 heteroatoms. The van der Waals surface area contributed by atoms with Gasteiger partial charge >= 0.3 is 6.61 Å². The Bertz CT molecular complexity index is 809. The lowest BCUT2D eigenvalue weighted by atomic mass is 9.95. The van der Waals surface area contributed by atoms with Gasteiger partial charge < -0.3 is 15.0 Å². The molecule has 0 atom stereocenters. The molecule has 0 radical (unpaired) electrons. The minimum absolute atomic E-state index is 0.00902. The summed E-state index contributed by atoms with van der Waals surface area (Å²) in [6.45, 7) is -1.95. The van der Waals surface area contributed by atoms with Crippen LogP contribution in [0.3, 0.4) is 0 Å². The van der Waals surface area contributed by atoms with Crippen molar-refractivity contribution in [3.63, 3.8) is 0 Å². The second-order valence-corrected chi connectivity index (χ2v) is 7.41. The number of ether oxygens (including phenoxy) is 1. The van der Waals surface area contributed by atoms with E-state index in [1.807, 2.05) is 11.4 Å². The van der Waals surface area contributed by atoms with Crippen LogP contribution in [-0.4, -0.2) is 36.4 Å². The number of nitrogens with one attached hydrogen (secondary N) is 1. The van der Waals surface area contributed by atoms with E-state index in [0.29, 0.717) is 36.5 Å². The maximum atomic E-state index is 12.4. The number of hydrogen-bond donors (Lipinski definition) is 1. The number of hydrogen-bond acceptors (Lipinski definition) is 4. The number of likely N-dealkylation sites (tertiary alicyclic amines) is 1. The van der Waals surface area contributed by atoms with Crippen LogP contribution in [0.5, 0.6) is 5.75 Å². The molecule has 2 heterocycles. The fourth-order valence-corrected chi connectivity index (χ4v) is 3.83. The van der Waals surface area contributed by atoms with E-state index in [4.69, 9.17) is 11.6 Å². The summed E-state index contributed by atoms with van der Waals surface area (Å²) in [4.78, 5) is 27.2. The third-order valence-electron chi connectivity index (χ3n) is 4.30. The van der Waals surface area contributed by atoms with Gasteiger partial charge in [0.05, 0.1) is 9.90 Å². The third-order valence-corrected chi connectivity index (χ3v) is 5.45. The third kappa shape index (κ3) is 4.95. The Morgan fingerprint density at radius 3 is 2.59 bits per heavy atom. The van der Waals surface area contributed by atoms with E-state index in [0.717, 1.165) is 0 Å². The number of halogens is 3. The van der Waals surface area contributed by atoms with Crippen LogP contribution < -0.4 is 10.1 Å². The molecule has 1 aromatic carbocycles. The smallest absolute Gasteiger partial charge is 0.387 e. The maximum absolute atomic E-state index is 12.4. The Morgan fingerprint density at radius 2 is 2.00 bits per heavy atom. The van der Waals surface area contributed by atoms with Gasteiger partial charge in [0, 0.05) is 24.7 Å². The summed E-state index contributed by atoms with van der Waals surface area (Å²) in [6, 6.07) is 7.73. The molecule has 1 N–H and O–H groups in total. The zero-order chi connectivity index (χ0) is 19.4. The number of thiophene rings is 1. The van der Waals surface area contributed by atoms with Gasteiger partial charge in [0.15, 0.2) is 0 Å². The van der Waals surface area contributed by atoms with Gasteiger partial charge in [-0.1, -0.05) is 17.7 Å². The molecular formula is C18H17ClF2N2O3S. The van der Waals surface area contributed by atoms with Crippen molar-refractivity contribution in [1.82, 2.24) is 4.90 Å². The van der Waals surface area contributed by atoms with Crippen molar-refractivity contribution in [3.05, 3.63) is 45.6 Å². The Labute approximate surface area is 163 Å². The summed E-state index contributed by atoms with van der Waals surface area (Å²) in [5.74, 6) is -0.569. The number of carbonyl (C=O) groups excluding carboxylic acids is 2. The van der Waals surface area contributed by atoms with Crippen LogP contribution in [0, 0.1) is 5.92 Å². The zero-order valence-corrected chi connectivity index (χ0v) is 15.7. The molecule has 3 rings (SSSR count). The van der Waals surface area contributed by atoms with Crippen LogP contribution in [0.4, 0.5) is 14.5 Å². The summed E-state index contributed by atoms with van der Waals surface area (Å²) in [6.07, 6.45) is 1.12. The van der Waals surface area contributed by atoms with Crippen molar-refractivity contribution < 1.29 is 23.1 Å². The molecular weight excluding hydrogens is 398 g/mol. The largest absolute Gasteiger partial charge is 0.433 e. The minimum atomic E-state index is -2.97. The summed E-state index contributed by atoms with van der Waals surface area (Å²) in [7, 11) is 0. The number of amides is 2. The topological polar surface area (TPSA) is 58.6 Å². The number of alkyl halides is 2. The van der Waals surface area contributed by atoms with Gasteiger partial charge in [0.25, 0.3) is 5.91 Å². The molecule has 0 unspecified atom stereocenters. The van der Waals surface area contributed by atoms with E-state index >= 15 is 0 Å². The van der Waals surface area contributed by atoms with Crippen LogP contribution in [0.15, 0.2) is 35.7 Å². The first-order valence-electron chi connectivity index (χ1n) is 8.32. The first-order chi connectivity index (χ1) is 12.9. The van der Waals surface area contributed by atoms with Crippen LogP contribution in [0.25, 0.3) is 0 Å². The monoisotopic (exact) mass is 414 g/mol. The molecule has 1 aliphatic rings. The predicted molar refractivity (Wildman–Crippen MR) is 99.7 cm³/mol. The number of nitrogens with zero attached hydrogens (tertiary/aromatic N) is 1. The van der Waals surface area contributed by atoms with Crippen molar-refractivity contribution in [1.29, 1.82) is 0 Å². The predicted octanol–water partition coefficient (Wildman–Crippen LogP) is 4.49. The highest BCUT2D eigenvalue weighted by Crippen LogP contribution is 2.30. The van der Waals surface area contributed by atoms with Crippen LogP contribution >= 0.6 is 22.9 Å². The van der Waals surface area contributed by atoms with E-state index in [-0.39, 0.29) is 28.5 Å². The molecule has 1 aliphatic heterocycles. The highest BCUT2D eigenvalue weighted by Gasteiger charge is 2.28. The Balaban J connectivity index is 1.54. The fraction of sp³-hybridized carbons (Fsp3) is 0.333.